The maximum absolute atomic E-state index is 11.6. The average Bonchev–Trinajstić information content (AvgIpc) is 2.63. The zero-order valence-corrected chi connectivity index (χ0v) is 12.0. The third-order valence-electron chi connectivity index (χ3n) is 3.59. The molecule has 1 amide bonds. The molecule has 2 rings (SSSR count). The zero-order valence-electron chi connectivity index (χ0n) is 12.0. The molecule has 19 heavy (non-hydrogen) atoms. The molecule has 2 atom stereocenters. The van der Waals surface area contributed by atoms with Crippen LogP contribution in [0.1, 0.15) is 38.0 Å². The Bertz CT molecular complexity index is 485. The van der Waals surface area contributed by atoms with E-state index >= 15 is 0 Å². The fraction of sp³-hybridized carbons (Fsp3) is 0.533. The summed E-state index contributed by atoms with van der Waals surface area (Å²) in [6.45, 7) is 6.08. The van der Waals surface area contributed by atoms with E-state index < -0.39 is 6.10 Å². The first kappa shape index (κ1) is 14.0. The SMILES string of the molecule is CC(C)NC(C)C(O)c1ccc2c(c1)CC(=O)N2C. The highest BCUT2D eigenvalue weighted by Crippen LogP contribution is 2.30. The van der Waals surface area contributed by atoms with Crippen molar-refractivity contribution in [3.8, 4) is 0 Å². The average molecular weight is 262 g/mol. The number of amides is 1. The summed E-state index contributed by atoms with van der Waals surface area (Å²) in [5.74, 6) is 0.106. The van der Waals surface area contributed by atoms with E-state index in [2.05, 4.69) is 19.2 Å². The summed E-state index contributed by atoms with van der Waals surface area (Å²) < 4.78 is 0. The first-order chi connectivity index (χ1) is 8.90. The summed E-state index contributed by atoms with van der Waals surface area (Å²) in [7, 11) is 1.78. The number of hydrogen-bond acceptors (Lipinski definition) is 3. The fourth-order valence-electron chi connectivity index (χ4n) is 2.58. The van der Waals surface area contributed by atoms with Crippen LogP contribution in [0.15, 0.2) is 18.2 Å². The molecule has 2 unspecified atom stereocenters. The molecule has 0 saturated carbocycles. The third-order valence-corrected chi connectivity index (χ3v) is 3.59. The minimum atomic E-state index is -0.561. The van der Waals surface area contributed by atoms with Gasteiger partial charge in [0.2, 0.25) is 5.91 Å². The molecule has 1 aromatic rings. The molecule has 0 spiro atoms. The number of aliphatic hydroxyl groups excluding tert-OH is 1. The highest BCUT2D eigenvalue weighted by Gasteiger charge is 2.25. The summed E-state index contributed by atoms with van der Waals surface area (Å²) in [5.41, 5.74) is 2.81. The predicted octanol–water partition coefficient (Wildman–Crippen LogP) is 1.63. The van der Waals surface area contributed by atoms with E-state index in [1.807, 2.05) is 25.1 Å². The van der Waals surface area contributed by atoms with Crippen LogP contribution in [-0.4, -0.2) is 30.1 Å². The van der Waals surface area contributed by atoms with Crippen LogP contribution in [0.25, 0.3) is 0 Å². The van der Waals surface area contributed by atoms with Gasteiger partial charge in [-0.3, -0.25) is 4.79 Å². The Morgan fingerprint density at radius 3 is 2.63 bits per heavy atom. The molecule has 1 aliphatic rings. The van der Waals surface area contributed by atoms with Crippen LogP contribution >= 0.6 is 0 Å². The molecule has 1 aliphatic heterocycles. The van der Waals surface area contributed by atoms with E-state index in [9.17, 15) is 9.90 Å². The monoisotopic (exact) mass is 262 g/mol. The third kappa shape index (κ3) is 2.80. The zero-order chi connectivity index (χ0) is 14.2. The van der Waals surface area contributed by atoms with Gasteiger partial charge in [-0.25, -0.2) is 0 Å². The molecular weight excluding hydrogens is 240 g/mol. The van der Waals surface area contributed by atoms with Gasteiger partial charge in [-0.15, -0.1) is 0 Å². The lowest BCUT2D eigenvalue weighted by Crippen LogP contribution is -2.37. The number of anilines is 1. The standard InChI is InChI=1S/C15H22N2O2/c1-9(2)16-10(3)15(19)11-5-6-13-12(7-11)8-14(18)17(13)4/h5-7,9-10,15-16,19H,8H2,1-4H3. The minimum Gasteiger partial charge on any atom is -0.387 e. The van der Waals surface area contributed by atoms with Crippen LogP contribution in [0.5, 0.6) is 0 Å². The van der Waals surface area contributed by atoms with Gasteiger partial charge in [0.05, 0.1) is 12.5 Å². The fourth-order valence-corrected chi connectivity index (χ4v) is 2.58. The maximum Gasteiger partial charge on any atom is 0.231 e. The first-order valence-electron chi connectivity index (χ1n) is 6.73. The van der Waals surface area contributed by atoms with Gasteiger partial charge in [0, 0.05) is 24.8 Å². The smallest absolute Gasteiger partial charge is 0.231 e. The van der Waals surface area contributed by atoms with Crippen LogP contribution in [0.4, 0.5) is 5.69 Å². The predicted molar refractivity (Wildman–Crippen MR) is 76.2 cm³/mol. The van der Waals surface area contributed by atoms with Crippen molar-refractivity contribution in [3.05, 3.63) is 29.3 Å². The van der Waals surface area contributed by atoms with Crippen LogP contribution in [0.3, 0.4) is 0 Å². The Kier molecular flexibility index (Phi) is 3.92. The molecule has 0 saturated heterocycles. The van der Waals surface area contributed by atoms with Crippen LogP contribution in [-0.2, 0) is 11.2 Å². The molecule has 4 nitrogen and oxygen atoms in total. The Morgan fingerprint density at radius 2 is 2.00 bits per heavy atom. The van der Waals surface area contributed by atoms with Gasteiger partial charge in [-0.2, -0.15) is 0 Å². The number of hydrogen-bond donors (Lipinski definition) is 2. The van der Waals surface area contributed by atoms with Gasteiger partial charge in [0.15, 0.2) is 0 Å². The van der Waals surface area contributed by atoms with Crippen molar-refractivity contribution in [1.29, 1.82) is 0 Å². The number of carbonyl (C=O) groups excluding carboxylic acids is 1. The number of nitrogens with zero attached hydrogens (tertiary/aromatic N) is 1. The van der Waals surface area contributed by atoms with E-state index in [0.29, 0.717) is 12.5 Å². The number of nitrogens with one attached hydrogen (secondary N) is 1. The van der Waals surface area contributed by atoms with Crippen molar-refractivity contribution >= 4 is 11.6 Å². The van der Waals surface area contributed by atoms with Gasteiger partial charge in [0.25, 0.3) is 0 Å². The Labute approximate surface area is 114 Å². The maximum atomic E-state index is 11.6. The summed E-state index contributed by atoms with van der Waals surface area (Å²) in [5, 5.41) is 13.6. The lowest BCUT2D eigenvalue weighted by atomic mass is 9.99. The highest BCUT2D eigenvalue weighted by molar-refractivity contribution is 6.00. The van der Waals surface area contributed by atoms with Crippen molar-refractivity contribution in [2.24, 2.45) is 0 Å². The summed E-state index contributed by atoms with van der Waals surface area (Å²) in [6.07, 6.45) is -0.132. The summed E-state index contributed by atoms with van der Waals surface area (Å²) in [4.78, 5) is 13.3. The first-order valence-corrected chi connectivity index (χ1v) is 6.73. The van der Waals surface area contributed by atoms with Crippen LogP contribution < -0.4 is 10.2 Å². The number of fused-ring (bicyclic) bond motifs is 1. The number of aliphatic hydroxyl groups is 1. The van der Waals surface area contributed by atoms with Crippen molar-refractivity contribution in [2.75, 3.05) is 11.9 Å². The molecule has 104 valence electrons. The molecule has 2 N–H and O–H groups in total. The van der Waals surface area contributed by atoms with Crippen molar-refractivity contribution in [1.82, 2.24) is 5.32 Å². The second kappa shape index (κ2) is 5.31. The highest BCUT2D eigenvalue weighted by atomic mass is 16.3. The number of benzene rings is 1. The Morgan fingerprint density at radius 1 is 1.32 bits per heavy atom. The van der Waals surface area contributed by atoms with Gasteiger partial charge in [-0.05, 0) is 24.1 Å². The largest absolute Gasteiger partial charge is 0.387 e. The number of rotatable bonds is 4. The van der Waals surface area contributed by atoms with E-state index in [0.717, 1.165) is 16.8 Å². The normalized spacial score (nSPS) is 17.8. The molecule has 1 heterocycles. The lowest BCUT2D eigenvalue weighted by Gasteiger charge is -2.23. The molecule has 0 fully saturated rings. The topological polar surface area (TPSA) is 52.6 Å². The minimum absolute atomic E-state index is 0.0205. The van der Waals surface area contributed by atoms with E-state index in [1.54, 1.807) is 11.9 Å². The number of carbonyl (C=O) groups is 1. The van der Waals surface area contributed by atoms with Crippen molar-refractivity contribution in [3.63, 3.8) is 0 Å². The van der Waals surface area contributed by atoms with E-state index in [4.69, 9.17) is 0 Å². The van der Waals surface area contributed by atoms with Gasteiger partial charge >= 0.3 is 0 Å². The lowest BCUT2D eigenvalue weighted by molar-refractivity contribution is -0.117. The second-order valence-corrected chi connectivity index (χ2v) is 5.57. The molecule has 1 aromatic carbocycles. The van der Waals surface area contributed by atoms with Gasteiger partial charge < -0.3 is 15.3 Å². The molecule has 4 heteroatoms. The molecule has 0 radical (unpaired) electrons. The molecule has 0 bridgehead atoms. The quantitative estimate of drug-likeness (QED) is 0.867. The summed E-state index contributed by atoms with van der Waals surface area (Å²) in [6, 6.07) is 6.07. The molecule has 0 aromatic heterocycles. The van der Waals surface area contributed by atoms with E-state index in [-0.39, 0.29) is 11.9 Å². The van der Waals surface area contributed by atoms with Gasteiger partial charge in [-0.1, -0.05) is 26.0 Å². The van der Waals surface area contributed by atoms with Gasteiger partial charge in [0.1, 0.15) is 0 Å². The van der Waals surface area contributed by atoms with Crippen LogP contribution in [0, 0.1) is 0 Å². The van der Waals surface area contributed by atoms with E-state index in [1.165, 1.54) is 0 Å². The summed E-state index contributed by atoms with van der Waals surface area (Å²) >= 11 is 0. The molecule has 0 aliphatic carbocycles. The second-order valence-electron chi connectivity index (χ2n) is 5.57. The van der Waals surface area contributed by atoms with Crippen molar-refractivity contribution < 1.29 is 9.90 Å². The Balaban J connectivity index is 2.19. The molecular formula is C15H22N2O2. The Hall–Kier alpha value is -1.39. The van der Waals surface area contributed by atoms with Crippen molar-refractivity contribution in [2.45, 2.75) is 45.4 Å². The number of likely N-dealkylation sites (N-methyl/N-ethyl adjacent to an activating group) is 1. The van der Waals surface area contributed by atoms with Crippen LogP contribution in [0.2, 0.25) is 0 Å².